The molecule has 0 bridgehead atoms. The summed E-state index contributed by atoms with van der Waals surface area (Å²) in [5.41, 5.74) is 1.06. The zero-order chi connectivity index (χ0) is 16.8. The SMILES string of the molecule is CN(Cc1ccc(F)cc1)C(=O)CNC(=O)c1ccc(F)cc1. The van der Waals surface area contributed by atoms with Crippen LogP contribution in [0.15, 0.2) is 48.5 Å². The van der Waals surface area contributed by atoms with Gasteiger partial charge in [0.25, 0.3) is 5.91 Å². The number of halogens is 2. The second-order valence-electron chi connectivity index (χ2n) is 5.07. The summed E-state index contributed by atoms with van der Waals surface area (Å²) >= 11 is 0. The van der Waals surface area contributed by atoms with Gasteiger partial charge in [0.15, 0.2) is 0 Å². The van der Waals surface area contributed by atoms with Crippen molar-refractivity contribution in [3.63, 3.8) is 0 Å². The third-order valence-electron chi connectivity index (χ3n) is 3.27. The molecule has 4 nitrogen and oxygen atoms in total. The average Bonchev–Trinajstić information content (AvgIpc) is 2.55. The van der Waals surface area contributed by atoms with Crippen molar-refractivity contribution in [3.05, 3.63) is 71.3 Å². The number of amides is 2. The second-order valence-corrected chi connectivity index (χ2v) is 5.07. The van der Waals surface area contributed by atoms with Crippen molar-refractivity contribution in [3.8, 4) is 0 Å². The smallest absolute Gasteiger partial charge is 0.251 e. The summed E-state index contributed by atoms with van der Waals surface area (Å²) in [6.45, 7) is 0.138. The quantitative estimate of drug-likeness (QED) is 0.920. The number of likely N-dealkylation sites (N-methyl/N-ethyl adjacent to an activating group) is 1. The second kappa shape index (κ2) is 7.49. The normalized spacial score (nSPS) is 10.2. The maximum absolute atomic E-state index is 12.8. The van der Waals surface area contributed by atoms with E-state index in [9.17, 15) is 18.4 Å². The molecule has 0 saturated carbocycles. The summed E-state index contributed by atoms with van der Waals surface area (Å²) in [5.74, 6) is -1.51. The molecule has 0 heterocycles. The van der Waals surface area contributed by atoms with Gasteiger partial charge in [-0.3, -0.25) is 9.59 Å². The average molecular weight is 318 g/mol. The number of hydrogen-bond acceptors (Lipinski definition) is 2. The highest BCUT2D eigenvalue weighted by atomic mass is 19.1. The van der Waals surface area contributed by atoms with Gasteiger partial charge < -0.3 is 10.2 Å². The summed E-state index contributed by atoms with van der Waals surface area (Å²) in [6.07, 6.45) is 0. The lowest BCUT2D eigenvalue weighted by Gasteiger charge is -2.17. The van der Waals surface area contributed by atoms with Crippen LogP contribution in [0.1, 0.15) is 15.9 Å². The monoisotopic (exact) mass is 318 g/mol. The van der Waals surface area contributed by atoms with E-state index in [0.717, 1.165) is 5.56 Å². The van der Waals surface area contributed by atoms with Crippen LogP contribution in [0.5, 0.6) is 0 Å². The Labute approximate surface area is 132 Å². The van der Waals surface area contributed by atoms with Crippen LogP contribution in [-0.2, 0) is 11.3 Å². The van der Waals surface area contributed by atoms with Gasteiger partial charge in [-0.05, 0) is 42.0 Å². The highest BCUT2D eigenvalue weighted by Crippen LogP contribution is 2.06. The first kappa shape index (κ1) is 16.6. The van der Waals surface area contributed by atoms with Crippen LogP contribution < -0.4 is 5.32 Å². The standard InChI is InChI=1S/C17H16F2N2O2/c1-21(11-12-2-6-14(18)7-3-12)16(22)10-20-17(23)13-4-8-15(19)9-5-13/h2-9H,10-11H2,1H3,(H,20,23). The fourth-order valence-corrected chi connectivity index (χ4v) is 1.95. The van der Waals surface area contributed by atoms with Gasteiger partial charge in [0, 0.05) is 19.2 Å². The number of carbonyl (C=O) groups excluding carboxylic acids is 2. The van der Waals surface area contributed by atoms with Gasteiger partial charge in [-0.15, -0.1) is 0 Å². The maximum Gasteiger partial charge on any atom is 0.251 e. The van der Waals surface area contributed by atoms with E-state index in [4.69, 9.17) is 0 Å². The third-order valence-corrected chi connectivity index (χ3v) is 3.27. The third kappa shape index (κ3) is 4.88. The Morgan fingerprint density at radius 2 is 1.48 bits per heavy atom. The zero-order valence-corrected chi connectivity index (χ0v) is 12.6. The van der Waals surface area contributed by atoms with Crippen LogP contribution in [0.25, 0.3) is 0 Å². The predicted octanol–water partition coefficient (Wildman–Crippen LogP) is 2.35. The zero-order valence-electron chi connectivity index (χ0n) is 12.6. The molecule has 2 aromatic carbocycles. The molecule has 2 aromatic rings. The molecule has 0 spiro atoms. The fourth-order valence-electron chi connectivity index (χ4n) is 1.95. The largest absolute Gasteiger partial charge is 0.343 e. The Morgan fingerprint density at radius 1 is 0.957 bits per heavy atom. The minimum atomic E-state index is -0.450. The van der Waals surface area contributed by atoms with E-state index in [2.05, 4.69) is 5.32 Å². The molecule has 120 valence electrons. The summed E-state index contributed by atoms with van der Waals surface area (Å²) in [6, 6.07) is 10.9. The fraction of sp³-hybridized carbons (Fsp3) is 0.176. The lowest BCUT2D eigenvalue weighted by molar-refractivity contribution is -0.129. The minimum absolute atomic E-state index is 0.173. The number of rotatable bonds is 5. The molecule has 2 rings (SSSR count). The van der Waals surface area contributed by atoms with Crippen LogP contribution in [0.3, 0.4) is 0 Å². The highest BCUT2D eigenvalue weighted by Gasteiger charge is 2.12. The molecule has 0 aliphatic heterocycles. The number of carbonyl (C=O) groups is 2. The first-order valence-corrected chi connectivity index (χ1v) is 6.98. The Kier molecular flexibility index (Phi) is 5.41. The van der Waals surface area contributed by atoms with Gasteiger partial charge in [-0.1, -0.05) is 12.1 Å². The molecule has 23 heavy (non-hydrogen) atoms. The van der Waals surface area contributed by atoms with Crippen molar-refractivity contribution in [2.45, 2.75) is 6.54 Å². The Balaban J connectivity index is 1.84. The summed E-state index contributed by atoms with van der Waals surface area (Å²) in [7, 11) is 1.59. The van der Waals surface area contributed by atoms with Gasteiger partial charge in [-0.25, -0.2) is 8.78 Å². The van der Waals surface area contributed by atoms with Crippen LogP contribution >= 0.6 is 0 Å². The van der Waals surface area contributed by atoms with E-state index in [1.807, 2.05) is 0 Å². The Bertz CT molecular complexity index is 685. The molecule has 0 aromatic heterocycles. The molecule has 0 aliphatic rings. The van der Waals surface area contributed by atoms with Crippen molar-refractivity contribution in [1.82, 2.24) is 10.2 Å². The van der Waals surface area contributed by atoms with Gasteiger partial charge in [-0.2, -0.15) is 0 Å². The first-order valence-electron chi connectivity index (χ1n) is 6.98. The molecule has 0 saturated heterocycles. The number of benzene rings is 2. The molecule has 6 heteroatoms. The highest BCUT2D eigenvalue weighted by molar-refractivity contribution is 5.96. The van der Waals surface area contributed by atoms with Crippen molar-refractivity contribution in [2.24, 2.45) is 0 Å². The maximum atomic E-state index is 12.8. The van der Waals surface area contributed by atoms with E-state index in [-0.39, 0.29) is 23.8 Å². The van der Waals surface area contributed by atoms with E-state index in [1.54, 1.807) is 19.2 Å². The summed E-state index contributed by atoms with van der Waals surface area (Å²) in [5, 5.41) is 2.48. The van der Waals surface area contributed by atoms with Crippen LogP contribution in [-0.4, -0.2) is 30.3 Å². The summed E-state index contributed by atoms with van der Waals surface area (Å²) in [4.78, 5) is 25.2. The van der Waals surface area contributed by atoms with E-state index >= 15 is 0 Å². The molecule has 0 fully saturated rings. The van der Waals surface area contributed by atoms with Crippen molar-refractivity contribution in [1.29, 1.82) is 0 Å². The van der Waals surface area contributed by atoms with E-state index in [0.29, 0.717) is 6.54 Å². The number of hydrogen-bond donors (Lipinski definition) is 1. The summed E-state index contributed by atoms with van der Waals surface area (Å²) < 4.78 is 25.6. The molecule has 2 amide bonds. The van der Waals surface area contributed by atoms with Crippen molar-refractivity contribution >= 4 is 11.8 Å². The Morgan fingerprint density at radius 3 is 2.04 bits per heavy atom. The molecular weight excluding hydrogens is 302 g/mol. The minimum Gasteiger partial charge on any atom is -0.343 e. The molecule has 0 radical (unpaired) electrons. The van der Waals surface area contributed by atoms with Crippen LogP contribution in [0.2, 0.25) is 0 Å². The predicted molar refractivity (Wildman–Crippen MR) is 81.6 cm³/mol. The molecule has 0 unspecified atom stereocenters. The lowest BCUT2D eigenvalue weighted by atomic mass is 10.2. The Hall–Kier alpha value is -2.76. The lowest BCUT2D eigenvalue weighted by Crippen LogP contribution is -2.37. The van der Waals surface area contributed by atoms with Crippen LogP contribution in [0.4, 0.5) is 8.78 Å². The van der Waals surface area contributed by atoms with Gasteiger partial charge in [0.1, 0.15) is 11.6 Å². The van der Waals surface area contributed by atoms with E-state index < -0.39 is 11.7 Å². The molecule has 0 atom stereocenters. The van der Waals surface area contributed by atoms with Gasteiger partial charge in [0.05, 0.1) is 6.54 Å². The first-order chi connectivity index (χ1) is 11.0. The molecular formula is C17H16F2N2O2. The molecule has 1 N–H and O–H groups in total. The van der Waals surface area contributed by atoms with Crippen molar-refractivity contribution < 1.29 is 18.4 Å². The van der Waals surface area contributed by atoms with Crippen LogP contribution in [0, 0.1) is 11.6 Å². The van der Waals surface area contributed by atoms with Gasteiger partial charge >= 0.3 is 0 Å². The van der Waals surface area contributed by atoms with Crippen molar-refractivity contribution in [2.75, 3.05) is 13.6 Å². The number of nitrogens with one attached hydrogen (secondary N) is 1. The van der Waals surface area contributed by atoms with Gasteiger partial charge in [0.2, 0.25) is 5.91 Å². The number of nitrogens with zero attached hydrogens (tertiary/aromatic N) is 1. The topological polar surface area (TPSA) is 49.4 Å². The van der Waals surface area contributed by atoms with E-state index in [1.165, 1.54) is 41.3 Å². The molecule has 0 aliphatic carbocycles.